The predicted molar refractivity (Wildman–Crippen MR) is 72.1 cm³/mol. The van der Waals surface area contributed by atoms with Gasteiger partial charge in [0.05, 0.1) is 18.3 Å². The van der Waals surface area contributed by atoms with E-state index in [-0.39, 0.29) is 11.9 Å². The van der Waals surface area contributed by atoms with Crippen LogP contribution in [-0.4, -0.2) is 34.0 Å². The van der Waals surface area contributed by atoms with Crippen LogP contribution in [-0.2, 0) is 0 Å². The van der Waals surface area contributed by atoms with Crippen LogP contribution in [0.3, 0.4) is 0 Å². The number of aromatic nitrogens is 3. The summed E-state index contributed by atoms with van der Waals surface area (Å²) >= 11 is 1.63. The third-order valence-electron chi connectivity index (χ3n) is 3.19. The lowest BCUT2D eigenvalue weighted by Crippen LogP contribution is -2.43. The van der Waals surface area contributed by atoms with E-state index in [9.17, 15) is 4.79 Å². The minimum absolute atomic E-state index is 0.0111. The SMILES string of the molecule is C[C@H](NC(=O)c1cn(C2CNC2)nn1)c1cccs1. The van der Waals surface area contributed by atoms with Gasteiger partial charge in [0, 0.05) is 18.0 Å². The summed E-state index contributed by atoms with van der Waals surface area (Å²) in [7, 11) is 0. The zero-order valence-corrected chi connectivity index (χ0v) is 11.4. The molecule has 2 aromatic rings. The Hall–Kier alpha value is -1.73. The second-order valence-electron chi connectivity index (χ2n) is 4.61. The fourth-order valence-corrected chi connectivity index (χ4v) is 2.63. The molecule has 0 spiro atoms. The summed E-state index contributed by atoms with van der Waals surface area (Å²) in [5, 5.41) is 16.0. The summed E-state index contributed by atoms with van der Waals surface area (Å²) in [6.45, 7) is 3.73. The molecule has 6 nitrogen and oxygen atoms in total. The smallest absolute Gasteiger partial charge is 0.273 e. The monoisotopic (exact) mass is 277 g/mol. The molecular formula is C12H15N5OS. The molecule has 1 saturated heterocycles. The lowest BCUT2D eigenvalue weighted by atomic mass is 10.2. The third-order valence-corrected chi connectivity index (χ3v) is 4.25. The topological polar surface area (TPSA) is 71.8 Å². The van der Waals surface area contributed by atoms with Gasteiger partial charge in [-0.25, -0.2) is 4.68 Å². The Morgan fingerprint density at radius 1 is 1.63 bits per heavy atom. The number of hydrogen-bond donors (Lipinski definition) is 2. The molecule has 1 aliphatic rings. The van der Waals surface area contributed by atoms with Crippen molar-refractivity contribution in [3.63, 3.8) is 0 Å². The zero-order valence-electron chi connectivity index (χ0n) is 10.5. The molecule has 0 bridgehead atoms. The van der Waals surface area contributed by atoms with Crippen LogP contribution in [0.4, 0.5) is 0 Å². The number of nitrogens with zero attached hydrogens (tertiary/aromatic N) is 3. The van der Waals surface area contributed by atoms with Crippen LogP contribution >= 0.6 is 11.3 Å². The van der Waals surface area contributed by atoms with Crippen molar-refractivity contribution in [2.24, 2.45) is 0 Å². The fraction of sp³-hybridized carbons (Fsp3) is 0.417. The minimum atomic E-state index is -0.181. The van der Waals surface area contributed by atoms with E-state index in [1.165, 1.54) is 0 Å². The number of amides is 1. The van der Waals surface area contributed by atoms with Gasteiger partial charge in [0.2, 0.25) is 0 Å². The highest BCUT2D eigenvalue weighted by atomic mass is 32.1. The quantitative estimate of drug-likeness (QED) is 0.873. The van der Waals surface area contributed by atoms with Crippen molar-refractivity contribution in [1.29, 1.82) is 0 Å². The normalized spacial score (nSPS) is 16.9. The largest absolute Gasteiger partial charge is 0.343 e. The highest BCUT2D eigenvalue weighted by Crippen LogP contribution is 2.18. The van der Waals surface area contributed by atoms with Crippen molar-refractivity contribution in [3.8, 4) is 0 Å². The van der Waals surface area contributed by atoms with E-state index in [2.05, 4.69) is 20.9 Å². The van der Waals surface area contributed by atoms with Gasteiger partial charge < -0.3 is 10.6 Å². The van der Waals surface area contributed by atoms with Gasteiger partial charge in [-0.15, -0.1) is 16.4 Å². The summed E-state index contributed by atoms with van der Waals surface area (Å²) in [5.41, 5.74) is 0.371. The first kappa shape index (κ1) is 12.3. The van der Waals surface area contributed by atoms with Crippen molar-refractivity contribution in [3.05, 3.63) is 34.3 Å². The van der Waals surface area contributed by atoms with E-state index in [0.717, 1.165) is 18.0 Å². The molecule has 3 rings (SSSR count). The van der Waals surface area contributed by atoms with E-state index >= 15 is 0 Å². The highest BCUT2D eigenvalue weighted by Gasteiger charge is 2.22. The predicted octanol–water partition coefficient (Wildman–Crippen LogP) is 0.975. The molecule has 100 valence electrons. The molecule has 7 heteroatoms. The second-order valence-corrected chi connectivity index (χ2v) is 5.59. The Morgan fingerprint density at radius 2 is 2.47 bits per heavy atom. The molecule has 2 aromatic heterocycles. The molecule has 19 heavy (non-hydrogen) atoms. The number of thiophene rings is 1. The first-order valence-electron chi connectivity index (χ1n) is 6.21. The second kappa shape index (κ2) is 5.10. The standard InChI is InChI=1S/C12H15N5OS/c1-8(11-3-2-4-19-11)14-12(18)10-7-17(16-15-10)9-5-13-6-9/h2-4,7-9,13H,5-6H2,1H3,(H,14,18)/t8-/m0/s1. The van der Waals surface area contributed by atoms with Crippen LogP contribution < -0.4 is 10.6 Å². The van der Waals surface area contributed by atoms with Gasteiger partial charge in [-0.1, -0.05) is 11.3 Å². The average molecular weight is 277 g/mol. The number of nitrogens with one attached hydrogen (secondary N) is 2. The van der Waals surface area contributed by atoms with E-state index < -0.39 is 0 Å². The maximum atomic E-state index is 12.1. The number of rotatable bonds is 4. The first-order valence-corrected chi connectivity index (χ1v) is 7.09. The summed E-state index contributed by atoms with van der Waals surface area (Å²) in [5.74, 6) is -0.181. The summed E-state index contributed by atoms with van der Waals surface area (Å²) in [4.78, 5) is 13.2. The molecule has 1 fully saturated rings. The Bertz CT molecular complexity index is 560. The minimum Gasteiger partial charge on any atom is -0.343 e. The van der Waals surface area contributed by atoms with Gasteiger partial charge in [-0.05, 0) is 18.4 Å². The molecule has 1 amide bonds. The Morgan fingerprint density at radius 3 is 3.11 bits per heavy atom. The molecule has 0 aromatic carbocycles. The number of hydrogen-bond acceptors (Lipinski definition) is 5. The molecule has 2 N–H and O–H groups in total. The molecule has 0 unspecified atom stereocenters. The summed E-state index contributed by atoms with van der Waals surface area (Å²) in [6, 6.07) is 4.29. The third kappa shape index (κ3) is 2.52. The van der Waals surface area contributed by atoms with Gasteiger partial charge in [0.1, 0.15) is 0 Å². The Labute approximate surface area is 114 Å². The van der Waals surface area contributed by atoms with Gasteiger partial charge >= 0.3 is 0 Å². The van der Waals surface area contributed by atoms with Crippen LogP contribution in [0.1, 0.15) is 34.4 Å². The Kier molecular flexibility index (Phi) is 3.31. The number of carbonyl (C=O) groups is 1. The van der Waals surface area contributed by atoms with Crippen LogP contribution in [0.5, 0.6) is 0 Å². The molecule has 0 saturated carbocycles. The van der Waals surface area contributed by atoms with Crippen LogP contribution in [0, 0.1) is 0 Å². The van der Waals surface area contributed by atoms with Crippen molar-refractivity contribution >= 4 is 17.2 Å². The maximum absolute atomic E-state index is 12.1. The van der Waals surface area contributed by atoms with E-state index in [4.69, 9.17) is 0 Å². The van der Waals surface area contributed by atoms with E-state index in [1.54, 1.807) is 22.2 Å². The highest BCUT2D eigenvalue weighted by molar-refractivity contribution is 7.10. The van der Waals surface area contributed by atoms with Crippen molar-refractivity contribution in [1.82, 2.24) is 25.6 Å². The molecule has 1 atom stereocenters. The van der Waals surface area contributed by atoms with Crippen LogP contribution in [0.2, 0.25) is 0 Å². The summed E-state index contributed by atoms with van der Waals surface area (Å²) < 4.78 is 1.75. The van der Waals surface area contributed by atoms with Gasteiger partial charge in [-0.2, -0.15) is 0 Å². The molecule has 0 aliphatic carbocycles. The van der Waals surface area contributed by atoms with Crippen molar-refractivity contribution in [2.75, 3.05) is 13.1 Å². The lowest BCUT2D eigenvalue weighted by molar-refractivity contribution is 0.0935. The fourth-order valence-electron chi connectivity index (χ4n) is 1.90. The van der Waals surface area contributed by atoms with Crippen LogP contribution in [0.15, 0.2) is 23.7 Å². The van der Waals surface area contributed by atoms with Gasteiger partial charge in [0.25, 0.3) is 5.91 Å². The molecule has 3 heterocycles. The lowest BCUT2D eigenvalue weighted by Gasteiger charge is -2.26. The van der Waals surface area contributed by atoms with Crippen molar-refractivity contribution in [2.45, 2.75) is 19.0 Å². The number of carbonyl (C=O) groups excluding carboxylic acids is 1. The first-order chi connectivity index (χ1) is 9.24. The van der Waals surface area contributed by atoms with Gasteiger partial charge in [-0.3, -0.25) is 4.79 Å². The van der Waals surface area contributed by atoms with E-state index in [0.29, 0.717) is 11.7 Å². The van der Waals surface area contributed by atoms with Gasteiger partial charge in [0.15, 0.2) is 5.69 Å². The zero-order chi connectivity index (χ0) is 13.2. The van der Waals surface area contributed by atoms with Crippen LogP contribution in [0.25, 0.3) is 0 Å². The van der Waals surface area contributed by atoms with E-state index in [1.807, 2.05) is 24.4 Å². The molecule has 1 aliphatic heterocycles. The molecular weight excluding hydrogens is 262 g/mol. The Balaban J connectivity index is 1.65. The average Bonchev–Trinajstić information content (AvgIpc) is 2.97. The maximum Gasteiger partial charge on any atom is 0.273 e. The molecule has 0 radical (unpaired) electrons. The van der Waals surface area contributed by atoms with Crippen molar-refractivity contribution < 1.29 is 4.79 Å². The summed E-state index contributed by atoms with van der Waals surface area (Å²) in [6.07, 6.45) is 1.71.